The highest BCUT2D eigenvalue weighted by molar-refractivity contribution is 5.59. The summed E-state index contributed by atoms with van der Waals surface area (Å²) in [5.74, 6) is 0.365. The van der Waals surface area contributed by atoms with Gasteiger partial charge in [-0.1, -0.05) is 13.8 Å². The van der Waals surface area contributed by atoms with Gasteiger partial charge >= 0.3 is 12.3 Å². The predicted molar refractivity (Wildman–Crippen MR) is 48.2 cm³/mol. The van der Waals surface area contributed by atoms with Crippen LogP contribution in [0.4, 0.5) is 9.59 Å². The maximum atomic E-state index is 10.3. The van der Waals surface area contributed by atoms with Crippen LogP contribution in [0.3, 0.4) is 0 Å². The van der Waals surface area contributed by atoms with E-state index in [4.69, 9.17) is 9.90 Å². The summed E-state index contributed by atoms with van der Waals surface area (Å²) >= 11 is 0. The topological polar surface area (TPSA) is 82.1 Å². The van der Waals surface area contributed by atoms with Gasteiger partial charge in [0, 0.05) is 0 Å². The zero-order valence-electron chi connectivity index (χ0n) is 8.77. The first-order valence-corrected chi connectivity index (χ1v) is 3.91. The van der Waals surface area contributed by atoms with E-state index in [1.165, 1.54) is 7.11 Å². The maximum absolute atomic E-state index is 10.3. The quantitative estimate of drug-likeness (QED) is 0.696. The molecule has 6 nitrogen and oxygen atoms in total. The van der Waals surface area contributed by atoms with E-state index in [9.17, 15) is 4.79 Å². The fourth-order valence-electron chi connectivity index (χ4n) is 0.294. The smallest absolute Gasteiger partial charge is 0.450 e. The predicted octanol–water partition coefficient (Wildman–Crippen LogP) is 1.74. The molecule has 0 atom stereocenters. The van der Waals surface area contributed by atoms with Crippen molar-refractivity contribution in [2.24, 2.45) is 5.92 Å². The van der Waals surface area contributed by atoms with Gasteiger partial charge in [-0.25, -0.2) is 9.59 Å². The Morgan fingerprint density at radius 3 is 1.86 bits per heavy atom. The van der Waals surface area contributed by atoms with Gasteiger partial charge in [-0.15, -0.1) is 0 Å². The number of ether oxygens (including phenoxy) is 3. The lowest BCUT2D eigenvalue weighted by Crippen LogP contribution is -2.09. The molecule has 6 heteroatoms. The second-order valence-corrected chi connectivity index (χ2v) is 2.63. The van der Waals surface area contributed by atoms with Gasteiger partial charge in [-0.05, 0) is 5.92 Å². The van der Waals surface area contributed by atoms with Crippen LogP contribution < -0.4 is 0 Å². The zero-order chi connectivity index (χ0) is 11.6. The van der Waals surface area contributed by atoms with Gasteiger partial charge in [0.05, 0.1) is 20.8 Å². The summed E-state index contributed by atoms with van der Waals surface area (Å²) in [5, 5.41) is 7.50. The van der Waals surface area contributed by atoms with Gasteiger partial charge in [-0.3, -0.25) is 0 Å². The number of carbonyl (C=O) groups is 2. The second kappa shape index (κ2) is 9.63. The average molecular weight is 208 g/mol. The molecule has 0 aromatic heterocycles. The molecule has 0 aliphatic rings. The Bertz CT molecular complexity index is 165. The minimum absolute atomic E-state index is 0.365. The van der Waals surface area contributed by atoms with E-state index in [2.05, 4.69) is 14.2 Å². The van der Waals surface area contributed by atoms with Crippen LogP contribution in [0, 0.1) is 5.92 Å². The Hall–Kier alpha value is -1.46. The molecule has 0 aliphatic heterocycles. The molecule has 0 saturated carbocycles. The molecule has 0 heterocycles. The number of hydrogen-bond acceptors (Lipinski definition) is 5. The normalized spacial score (nSPS) is 8.36. The van der Waals surface area contributed by atoms with Gasteiger partial charge in [0.25, 0.3) is 0 Å². The highest BCUT2D eigenvalue weighted by Crippen LogP contribution is 1.93. The Labute approximate surface area is 82.8 Å². The lowest BCUT2D eigenvalue weighted by atomic mass is 10.2. The molecule has 14 heavy (non-hydrogen) atoms. The SMILES string of the molecule is COC(=O)O.COC(=O)OCC(C)C. The van der Waals surface area contributed by atoms with Crippen LogP contribution >= 0.6 is 0 Å². The Kier molecular flexibility index (Phi) is 10.3. The molecule has 0 aromatic rings. The molecule has 1 N–H and O–H groups in total. The zero-order valence-corrected chi connectivity index (χ0v) is 8.77. The molecular formula is C8H16O6. The second-order valence-electron chi connectivity index (χ2n) is 2.63. The largest absolute Gasteiger partial charge is 0.507 e. The van der Waals surface area contributed by atoms with E-state index >= 15 is 0 Å². The van der Waals surface area contributed by atoms with Gasteiger partial charge < -0.3 is 19.3 Å². The van der Waals surface area contributed by atoms with E-state index in [0.29, 0.717) is 12.5 Å². The summed E-state index contributed by atoms with van der Waals surface area (Å²) in [6, 6.07) is 0. The first kappa shape index (κ1) is 15.0. The highest BCUT2D eigenvalue weighted by atomic mass is 16.7. The summed E-state index contributed by atoms with van der Waals surface area (Å²) in [5.41, 5.74) is 0. The van der Waals surface area contributed by atoms with E-state index in [1.54, 1.807) is 0 Å². The van der Waals surface area contributed by atoms with Crippen molar-refractivity contribution >= 4 is 12.3 Å². The van der Waals surface area contributed by atoms with Crippen molar-refractivity contribution < 1.29 is 28.9 Å². The summed E-state index contributed by atoms with van der Waals surface area (Å²) in [4.78, 5) is 19.4. The van der Waals surface area contributed by atoms with Crippen LogP contribution in [0.25, 0.3) is 0 Å². The summed E-state index contributed by atoms with van der Waals surface area (Å²) in [7, 11) is 2.39. The number of hydrogen-bond donors (Lipinski definition) is 1. The van der Waals surface area contributed by atoms with Gasteiger partial charge in [0.2, 0.25) is 0 Å². The van der Waals surface area contributed by atoms with Crippen LogP contribution in [-0.4, -0.2) is 38.2 Å². The van der Waals surface area contributed by atoms with Gasteiger partial charge in [0.15, 0.2) is 0 Å². The molecule has 0 saturated heterocycles. The van der Waals surface area contributed by atoms with Crippen molar-refractivity contribution in [1.82, 2.24) is 0 Å². The fourth-order valence-corrected chi connectivity index (χ4v) is 0.294. The van der Waals surface area contributed by atoms with Crippen LogP contribution in [-0.2, 0) is 14.2 Å². The van der Waals surface area contributed by atoms with Crippen LogP contribution in [0.2, 0.25) is 0 Å². The molecule has 0 fully saturated rings. The van der Waals surface area contributed by atoms with Crippen LogP contribution in [0.15, 0.2) is 0 Å². The monoisotopic (exact) mass is 208 g/mol. The minimum atomic E-state index is -1.25. The van der Waals surface area contributed by atoms with Gasteiger partial charge in [-0.2, -0.15) is 0 Å². The Morgan fingerprint density at radius 1 is 1.21 bits per heavy atom. The summed E-state index contributed by atoms with van der Waals surface area (Å²) < 4.78 is 12.5. The molecule has 0 aromatic carbocycles. The first-order chi connectivity index (χ1) is 6.43. The maximum Gasteiger partial charge on any atom is 0.507 e. The average Bonchev–Trinajstić information content (AvgIpc) is 2.14. The van der Waals surface area contributed by atoms with Crippen LogP contribution in [0.1, 0.15) is 13.8 Å². The fraction of sp³-hybridized carbons (Fsp3) is 0.750. The summed E-state index contributed by atoms with van der Waals surface area (Å²) in [6.07, 6.45) is -1.85. The molecule has 0 spiro atoms. The first-order valence-electron chi connectivity index (χ1n) is 3.91. The van der Waals surface area contributed by atoms with Crippen molar-refractivity contribution in [1.29, 1.82) is 0 Å². The lowest BCUT2D eigenvalue weighted by molar-refractivity contribution is 0.0638. The van der Waals surface area contributed by atoms with Crippen molar-refractivity contribution in [2.45, 2.75) is 13.8 Å². The molecule has 0 amide bonds. The number of carbonyl (C=O) groups excluding carboxylic acids is 1. The molecule has 0 rings (SSSR count). The minimum Gasteiger partial charge on any atom is -0.450 e. The molecular weight excluding hydrogens is 192 g/mol. The molecule has 0 bridgehead atoms. The Morgan fingerprint density at radius 2 is 1.64 bits per heavy atom. The Balaban J connectivity index is 0. The number of methoxy groups -OCH3 is 2. The summed E-state index contributed by atoms with van der Waals surface area (Å²) in [6.45, 7) is 4.35. The third-order valence-corrected chi connectivity index (χ3v) is 0.876. The highest BCUT2D eigenvalue weighted by Gasteiger charge is 2.00. The number of carboxylic acid groups (broad SMARTS) is 1. The third kappa shape index (κ3) is 16.9. The molecule has 0 unspecified atom stereocenters. The third-order valence-electron chi connectivity index (χ3n) is 0.876. The van der Waals surface area contributed by atoms with Crippen molar-refractivity contribution in [3.8, 4) is 0 Å². The van der Waals surface area contributed by atoms with E-state index in [1.807, 2.05) is 13.8 Å². The van der Waals surface area contributed by atoms with E-state index < -0.39 is 12.3 Å². The van der Waals surface area contributed by atoms with E-state index in [-0.39, 0.29) is 0 Å². The van der Waals surface area contributed by atoms with Crippen molar-refractivity contribution in [2.75, 3.05) is 20.8 Å². The molecule has 0 radical (unpaired) electrons. The number of rotatable bonds is 2. The van der Waals surface area contributed by atoms with Crippen LogP contribution in [0.5, 0.6) is 0 Å². The van der Waals surface area contributed by atoms with Crippen molar-refractivity contribution in [3.05, 3.63) is 0 Å². The van der Waals surface area contributed by atoms with Crippen molar-refractivity contribution in [3.63, 3.8) is 0 Å². The van der Waals surface area contributed by atoms with E-state index in [0.717, 1.165) is 7.11 Å². The standard InChI is InChI=1S/C6H12O3.C2H4O3/c1-5(2)4-9-6(7)8-3;1-5-2(3)4/h5H,4H2,1-3H3;1H3,(H,3,4). The van der Waals surface area contributed by atoms with Gasteiger partial charge in [0.1, 0.15) is 0 Å². The molecule has 84 valence electrons. The molecule has 0 aliphatic carbocycles. The lowest BCUT2D eigenvalue weighted by Gasteiger charge is -2.03.